The van der Waals surface area contributed by atoms with Gasteiger partial charge in [0.05, 0.1) is 30.9 Å². The second-order valence-electron chi connectivity index (χ2n) is 10.7. The molecule has 0 radical (unpaired) electrons. The molecule has 1 saturated heterocycles. The lowest BCUT2D eigenvalue weighted by molar-refractivity contribution is -0.0656. The van der Waals surface area contributed by atoms with Crippen LogP contribution in [0.3, 0.4) is 0 Å². The maximum absolute atomic E-state index is 13.1. The highest BCUT2D eigenvalue weighted by Gasteiger charge is 2.49. The Morgan fingerprint density at radius 1 is 1.20 bits per heavy atom. The number of nitrogens with zero attached hydrogens (tertiary/aromatic N) is 1. The van der Waals surface area contributed by atoms with Gasteiger partial charge in [-0.3, -0.25) is 0 Å². The summed E-state index contributed by atoms with van der Waals surface area (Å²) in [7, 11) is -3.87. The van der Waals surface area contributed by atoms with E-state index >= 15 is 0 Å². The van der Waals surface area contributed by atoms with E-state index in [-0.39, 0.29) is 12.7 Å². The molecular weight excluding hydrogens is 492 g/mol. The molecule has 0 bridgehead atoms. The van der Waals surface area contributed by atoms with E-state index in [0.29, 0.717) is 25.3 Å². The largest absolute Gasteiger partial charge is 0.444 e. The van der Waals surface area contributed by atoms with Gasteiger partial charge in [0, 0.05) is 6.54 Å². The van der Waals surface area contributed by atoms with Crippen molar-refractivity contribution in [1.29, 1.82) is 0 Å². The van der Waals surface area contributed by atoms with Crippen LogP contribution < -0.4 is 4.72 Å². The standard InChI is InChI=1S/C25H39ClN2O6S/c1-24(2,3)34-23(30)28-15-7-14-25(17-29,27-35(31,32)18-26)22(28)16-33-21-12-10-20(11-13-21)19-8-5-4-6-9-19/h4-6,8-9,20-22,27,29H,7,10-18H2,1-3H3/t20?,21?,22-,25+/m0/s1. The molecule has 8 nitrogen and oxygen atoms in total. The fourth-order valence-corrected chi connectivity index (χ4v) is 6.30. The molecule has 35 heavy (non-hydrogen) atoms. The van der Waals surface area contributed by atoms with Gasteiger partial charge in [-0.05, 0) is 70.8 Å². The van der Waals surface area contributed by atoms with Crippen LogP contribution in [-0.4, -0.2) is 72.8 Å². The highest BCUT2D eigenvalue weighted by atomic mass is 35.5. The van der Waals surface area contributed by atoms with Crippen LogP contribution in [0.5, 0.6) is 0 Å². The Balaban J connectivity index is 1.75. The smallest absolute Gasteiger partial charge is 0.410 e. The molecule has 1 aliphatic carbocycles. The van der Waals surface area contributed by atoms with E-state index in [1.165, 1.54) is 10.5 Å². The topological polar surface area (TPSA) is 105 Å². The van der Waals surface area contributed by atoms with E-state index in [2.05, 4.69) is 29.0 Å². The van der Waals surface area contributed by atoms with Crippen molar-refractivity contribution < 1.29 is 27.8 Å². The molecule has 0 spiro atoms. The molecule has 2 aliphatic rings. The van der Waals surface area contributed by atoms with Gasteiger partial charge in [0.15, 0.2) is 0 Å². The Bertz CT molecular complexity index is 931. The number of carbonyl (C=O) groups is 1. The number of rotatable bonds is 8. The molecule has 1 aromatic rings. The van der Waals surface area contributed by atoms with Gasteiger partial charge in [0.2, 0.25) is 10.0 Å². The van der Waals surface area contributed by atoms with Crippen molar-refractivity contribution in [2.75, 3.05) is 25.0 Å². The van der Waals surface area contributed by atoms with Crippen LogP contribution in [0.15, 0.2) is 30.3 Å². The fourth-order valence-electron chi connectivity index (χ4n) is 5.16. The van der Waals surface area contributed by atoms with Crippen molar-refractivity contribution in [3.8, 4) is 0 Å². The summed E-state index contributed by atoms with van der Waals surface area (Å²) in [6.45, 7) is 5.32. The van der Waals surface area contributed by atoms with Crippen molar-refractivity contribution in [2.24, 2.45) is 0 Å². The zero-order valence-corrected chi connectivity index (χ0v) is 22.5. The van der Waals surface area contributed by atoms with Crippen LogP contribution in [0.1, 0.15) is 70.8 Å². The Labute approximate surface area is 214 Å². The summed E-state index contributed by atoms with van der Waals surface area (Å²) >= 11 is 5.66. The number of carbonyl (C=O) groups excluding carboxylic acids is 1. The minimum absolute atomic E-state index is 0.00148. The zero-order chi connectivity index (χ0) is 25.7. The Hall–Kier alpha value is -1.39. The summed E-state index contributed by atoms with van der Waals surface area (Å²) in [5, 5.41) is 9.76. The van der Waals surface area contributed by atoms with E-state index in [1.54, 1.807) is 20.8 Å². The molecule has 3 rings (SSSR count). The first kappa shape index (κ1) is 28.2. The number of hydrogen-bond acceptors (Lipinski definition) is 6. The molecule has 1 saturated carbocycles. The first-order valence-corrected chi connectivity index (χ1v) is 14.5. The van der Waals surface area contributed by atoms with Crippen LogP contribution in [-0.2, 0) is 19.5 Å². The summed E-state index contributed by atoms with van der Waals surface area (Å²) in [6.07, 6.45) is 4.05. The number of aliphatic hydroxyl groups is 1. The highest BCUT2D eigenvalue weighted by Crippen LogP contribution is 2.35. The molecule has 1 aliphatic heterocycles. The van der Waals surface area contributed by atoms with Gasteiger partial charge >= 0.3 is 6.09 Å². The highest BCUT2D eigenvalue weighted by molar-refractivity contribution is 7.90. The third kappa shape index (κ3) is 7.55. The molecule has 1 amide bonds. The number of piperidine rings is 1. The van der Waals surface area contributed by atoms with Gasteiger partial charge in [0.1, 0.15) is 10.8 Å². The van der Waals surface area contributed by atoms with Crippen molar-refractivity contribution in [1.82, 2.24) is 9.62 Å². The van der Waals surface area contributed by atoms with E-state index < -0.39 is 45.1 Å². The molecule has 2 fully saturated rings. The number of benzene rings is 1. The van der Waals surface area contributed by atoms with Gasteiger partial charge in [-0.15, -0.1) is 11.6 Å². The lowest BCUT2D eigenvalue weighted by atomic mass is 9.82. The SMILES string of the molecule is CC(C)(C)OC(=O)N1CCC[C@](CO)(NS(=O)(=O)CCl)[C@@H]1COC1CCC(c2ccccc2)CC1. The lowest BCUT2D eigenvalue weighted by Gasteiger charge is -2.49. The molecule has 198 valence electrons. The van der Waals surface area contributed by atoms with Crippen LogP contribution in [0, 0.1) is 0 Å². The van der Waals surface area contributed by atoms with Gasteiger partial charge in [-0.2, -0.15) is 0 Å². The molecule has 2 atom stereocenters. The number of ether oxygens (including phenoxy) is 2. The molecular formula is C25H39ClN2O6S. The van der Waals surface area contributed by atoms with Gasteiger partial charge in [-0.25, -0.2) is 17.9 Å². The number of sulfonamides is 1. The average molecular weight is 531 g/mol. The Morgan fingerprint density at radius 2 is 1.86 bits per heavy atom. The van der Waals surface area contributed by atoms with Gasteiger partial charge < -0.3 is 19.5 Å². The maximum atomic E-state index is 13.1. The molecule has 2 N–H and O–H groups in total. The maximum Gasteiger partial charge on any atom is 0.410 e. The van der Waals surface area contributed by atoms with Crippen LogP contribution in [0.25, 0.3) is 0 Å². The second-order valence-corrected chi connectivity index (χ2v) is 13.0. The number of alkyl halides is 1. The summed E-state index contributed by atoms with van der Waals surface area (Å²) < 4.78 is 39.3. The van der Waals surface area contributed by atoms with E-state index in [0.717, 1.165) is 25.7 Å². The first-order valence-electron chi connectivity index (χ1n) is 12.3. The second kappa shape index (κ2) is 11.8. The first-order chi connectivity index (χ1) is 16.5. The Kier molecular flexibility index (Phi) is 9.48. The van der Waals surface area contributed by atoms with Crippen LogP contribution >= 0.6 is 11.6 Å². The monoisotopic (exact) mass is 530 g/mol. The molecule has 0 unspecified atom stereocenters. The average Bonchev–Trinajstić information content (AvgIpc) is 2.82. The van der Waals surface area contributed by atoms with E-state index in [4.69, 9.17) is 21.1 Å². The summed E-state index contributed by atoms with van der Waals surface area (Å²) in [6, 6.07) is 9.72. The summed E-state index contributed by atoms with van der Waals surface area (Å²) in [5.41, 5.74) is -0.679. The van der Waals surface area contributed by atoms with Crippen molar-refractivity contribution in [3.05, 3.63) is 35.9 Å². The number of halogens is 1. The quantitative estimate of drug-likeness (QED) is 0.493. The van der Waals surface area contributed by atoms with Crippen molar-refractivity contribution >= 4 is 27.7 Å². The molecule has 1 aromatic carbocycles. The van der Waals surface area contributed by atoms with Crippen molar-refractivity contribution in [3.63, 3.8) is 0 Å². The zero-order valence-electron chi connectivity index (χ0n) is 20.9. The number of hydrogen-bond donors (Lipinski definition) is 2. The fraction of sp³-hybridized carbons (Fsp3) is 0.720. The van der Waals surface area contributed by atoms with Gasteiger partial charge in [0.25, 0.3) is 0 Å². The normalized spacial score (nSPS) is 28.0. The number of aliphatic hydroxyl groups excluding tert-OH is 1. The van der Waals surface area contributed by atoms with Crippen LogP contribution in [0.2, 0.25) is 0 Å². The lowest BCUT2D eigenvalue weighted by Crippen LogP contribution is -2.69. The Morgan fingerprint density at radius 3 is 2.43 bits per heavy atom. The summed E-state index contributed by atoms with van der Waals surface area (Å²) in [5.74, 6) is 0.496. The van der Waals surface area contributed by atoms with Crippen LogP contribution in [0.4, 0.5) is 4.79 Å². The third-order valence-electron chi connectivity index (χ3n) is 6.88. The predicted octanol–water partition coefficient (Wildman–Crippen LogP) is 3.98. The summed E-state index contributed by atoms with van der Waals surface area (Å²) in [4.78, 5) is 14.6. The van der Waals surface area contributed by atoms with E-state index in [1.807, 2.05) is 6.07 Å². The molecule has 0 aromatic heterocycles. The number of amides is 1. The number of nitrogens with one attached hydrogen (secondary N) is 1. The minimum atomic E-state index is -3.87. The van der Waals surface area contributed by atoms with Gasteiger partial charge in [-0.1, -0.05) is 30.3 Å². The molecule has 10 heteroatoms. The molecule has 1 heterocycles. The number of likely N-dealkylation sites (tertiary alicyclic amines) is 1. The third-order valence-corrected chi connectivity index (χ3v) is 8.75. The van der Waals surface area contributed by atoms with E-state index in [9.17, 15) is 18.3 Å². The van der Waals surface area contributed by atoms with Crippen molar-refractivity contribution in [2.45, 2.75) is 88.5 Å². The minimum Gasteiger partial charge on any atom is -0.444 e. The predicted molar refractivity (Wildman–Crippen MR) is 136 cm³/mol.